The van der Waals surface area contributed by atoms with E-state index in [1.165, 1.54) is 38.5 Å². The van der Waals surface area contributed by atoms with Gasteiger partial charge in [0.2, 0.25) is 0 Å². The summed E-state index contributed by atoms with van der Waals surface area (Å²) >= 11 is 0. The molecular weight excluding hydrogens is 208 g/mol. The van der Waals surface area contributed by atoms with Crippen molar-refractivity contribution in [2.45, 2.75) is 92.1 Å². The largest absolute Gasteiger partial charge is 0.393 e. The predicted octanol–water partition coefficient (Wildman–Crippen LogP) is 5.17. The Labute approximate surface area is 109 Å². The van der Waals surface area contributed by atoms with E-state index in [9.17, 15) is 5.11 Å². The first-order valence-electron chi connectivity index (χ1n) is 7.55. The van der Waals surface area contributed by atoms with Gasteiger partial charge in [0.15, 0.2) is 0 Å². The molecule has 0 radical (unpaired) electrons. The molecule has 1 atom stereocenters. The van der Waals surface area contributed by atoms with E-state index in [2.05, 4.69) is 34.6 Å². The molecule has 0 aromatic carbocycles. The number of hydrogen-bond donors (Lipinski definition) is 1. The van der Waals surface area contributed by atoms with Crippen molar-refractivity contribution in [1.29, 1.82) is 0 Å². The van der Waals surface area contributed by atoms with Gasteiger partial charge in [0.05, 0.1) is 6.10 Å². The van der Waals surface area contributed by atoms with E-state index in [1.807, 2.05) is 0 Å². The van der Waals surface area contributed by atoms with E-state index in [-0.39, 0.29) is 11.5 Å². The molecule has 1 nitrogen and oxygen atoms in total. The molecule has 1 N–H and O–H groups in total. The zero-order valence-electron chi connectivity index (χ0n) is 12.8. The second-order valence-corrected chi connectivity index (χ2v) is 6.82. The quantitative estimate of drug-likeness (QED) is 0.524. The molecule has 0 aliphatic carbocycles. The summed E-state index contributed by atoms with van der Waals surface area (Å²) in [5.41, 5.74) is 0.289. The molecule has 0 saturated carbocycles. The zero-order valence-corrected chi connectivity index (χ0v) is 12.8. The molecule has 0 rings (SSSR count). The number of rotatable bonds is 10. The lowest BCUT2D eigenvalue weighted by Gasteiger charge is -2.29. The fraction of sp³-hybridized carbons (Fsp3) is 1.00. The summed E-state index contributed by atoms with van der Waals surface area (Å²) in [7, 11) is 0. The zero-order chi connectivity index (χ0) is 13.3. The topological polar surface area (TPSA) is 20.2 Å². The van der Waals surface area contributed by atoms with Crippen molar-refractivity contribution in [1.82, 2.24) is 0 Å². The minimum Gasteiger partial charge on any atom is -0.393 e. The van der Waals surface area contributed by atoms with Crippen LogP contribution in [0.15, 0.2) is 0 Å². The van der Waals surface area contributed by atoms with Crippen LogP contribution in [-0.2, 0) is 0 Å². The van der Waals surface area contributed by atoms with Gasteiger partial charge in [0.25, 0.3) is 0 Å². The second-order valence-electron chi connectivity index (χ2n) is 6.82. The van der Waals surface area contributed by atoms with Gasteiger partial charge < -0.3 is 5.11 Å². The third-order valence-electron chi connectivity index (χ3n) is 3.39. The van der Waals surface area contributed by atoms with E-state index in [4.69, 9.17) is 0 Å². The average Bonchev–Trinajstić information content (AvgIpc) is 2.14. The van der Waals surface area contributed by atoms with E-state index < -0.39 is 0 Å². The first-order chi connectivity index (χ1) is 7.87. The van der Waals surface area contributed by atoms with Gasteiger partial charge in [-0.2, -0.15) is 0 Å². The molecule has 1 unspecified atom stereocenters. The summed E-state index contributed by atoms with van der Waals surface area (Å²) < 4.78 is 0. The van der Waals surface area contributed by atoms with Crippen molar-refractivity contribution in [3.8, 4) is 0 Å². The first-order valence-corrected chi connectivity index (χ1v) is 7.55. The van der Waals surface area contributed by atoms with Crippen LogP contribution in [0.4, 0.5) is 0 Å². The molecule has 0 fully saturated rings. The van der Waals surface area contributed by atoms with Crippen molar-refractivity contribution >= 4 is 0 Å². The highest BCUT2D eigenvalue weighted by molar-refractivity contribution is 4.74. The number of unbranched alkanes of at least 4 members (excludes halogenated alkanes) is 4. The molecule has 0 heterocycles. The van der Waals surface area contributed by atoms with E-state index in [0.717, 1.165) is 18.8 Å². The highest BCUT2D eigenvalue weighted by Gasteiger charge is 2.22. The Kier molecular flexibility index (Phi) is 8.94. The first kappa shape index (κ1) is 17.0. The van der Waals surface area contributed by atoms with Gasteiger partial charge in [-0.1, -0.05) is 66.7 Å². The maximum Gasteiger partial charge on any atom is 0.0545 e. The van der Waals surface area contributed by atoms with Crippen LogP contribution in [0.1, 0.15) is 86.0 Å². The minimum absolute atomic E-state index is 0.0922. The fourth-order valence-corrected chi connectivity index (χ4v) is 2.91. The van der Waals surface area contributed by atoms with Crippen molar-refractivity contribution in [3.63, 3.8) is 0 Å². The summed E-state index contributed by atoms with van der Waals surface area (Å²) in [6.45, 7) is 11.3. The highest BCUT2D eigenvalue weighted by atomic mass is 16.3. The SMILES string of the molecule is CCCCCCCC(O)CC(C)(C)CC(C)C. The molecule has 0 aliphatic rings. The molecule has 0 amide bonds. The van der Waals surface area contributed by atoms with Crippen molar-refractivity contribution in [2.75, 3.05) is 0 Å². The third kappa shape index (κ3) is 10.8. The third-order valence-corrected chi connectivity index (χ3v) is 3.39. The van der Waals surface area contributed by atoms with E-state index in [0.29, 0.717) is 0 Å². The van der Waals surface area contributed by atoms with Gasteiger partial charge in [0.1, 0.15) is 0 Å². The molecule has 0 saturated heterocycles. The number of aliphatic hydroxyl groups excluding tert-OH is 1. The van der Waals surface area contributed by atoms with Crippen LogP contribution in [0, 0.1) is 11.3 Å². The van der Waals surface area contributed by atoms with E-state index in [1.54, 1.807) is 0 Å². The smallest absolute Gasteiger partial charge is 0.0545 e. The number of aliphatic hydroxyl groups is 1. The molecule has 1 heteroatoms. The van der Waals surface area contributed by atoms with Gasteiger partial charge in [0, 0.05) is 0 Å². The van der Waals surface area contributed by atoms with Gasteiger partial charge in [-0.25, -0.2) is 0 Å². The van der Waals surface area contributed by atoms with Crippen molar-refractivity contribution < 1.29 is 5.11 Å². The lowest BCUT2D eigenvalue weighted by atomic mass is 9.79. The molecule has 0 aliphatic heterocycles. The van der Waals surface area contributed by atoms with Crippen LogP contribution >= 0.6 is 0 Å². The van der Waals surface area contributed by atoms with Gasteiger partial charge >= 0.3 is 0 Å². The molecule has 104 valence electrons. The summed E-state index contributed by atoms with van der Waals surface area (Å²) in [6, 6.07) is 0. The fourth-order valence-electron chi connectivity index (χ4n) is 2.91. The number of hydrogen-bond acceptors (Lipinski definition) is 1. The Morgan fingerprint density at radius 1 is 0.941 bits per heavy atom. The molecule has 17 heavy (non-hydrogen) atoms. The Bertz CT molecular complexity index is 172. The monoisotopic (exact) mass is 242 g/mol. The van der Waals surface area contributed by atoms with Crippen LogP contribution in [0.2, 0.25) is 0 Å². The lowest BCUT2D eigenvalue weighted by molar-refractivity contribution is 0.0930. The van der Waals surface area contributed by atoms with E-state index >= 15 is 0 Å². The molecule has 0 aromatic heterocycles. The van der Waals surface area contributed by atoms with Crippen LogP contribution in [0.25, 0.3) is 0 Å². The van der Waals surface area contributed by atoms with Crippen molar-refractivity contribution in [3.05, 3.63) is 0 Å². The summed E-state index contributed by atoms with van der Waals surface area (Å²) in [5, 5.41) is 10.1. The summed E-state index contributed by atoms with van der Waals surface area (Å²) in [6.07, 6.45) is 9.51. The maximum absolute atomic E-state index is 10.1. The van der Waals surface area contributed by atoms with Crippen LogP contribution in [-0.4, -0.2) is 11.2 Å². The summed E-state index contributed by atoms with van der Waals surface area (Å²) in [5.74, 6) is 0.724. The van der Waals surface area contributed by atoms with Gasteiger partial charge in [-0.15, -0.1) is 0 Å². The molecule has 0 bridgehead atoms. The van der Waals surface area contributed by atoms with Crippen LogP contribution < -0.4 is 0 Å². The van der Waals surface area contributed by atoms with Crippen LogP contribution in [0.5, 0.6) is 0 Å². The van der Waals surface area contributed by atoms with Crippen molar-refractivity contribution in [2.24, 2.45) is 11.3 Å². The predicted molar refractivity (Wildman–Crippen MR) is 77.2 cm³/mol. The highest BCUT2D eigenvalue weighted by Crippen LogP contribution is 2.31. The Morgan fingerprint density at radius 2 is 1.53 bits per heavy atom. The standard InChI is InChI=1S/C16H34O/c1-6-7-8-9-10-11-15(17)13-16(4,5)12-14(2)3/h14-15,17H,6-13H2,1-5H3. The summed E-state index contributed by atoms with van der Waals surface area (Å²) in [4.78, 5) is 0. The van der Waals surface area contributed by atoms with Gasteiger partial charge in [-0.05, 0) is 30.6 Å². The second kappa shape index (κ2) is 8.97. The normalized spacial score (nSPS) is 14.3. The molecule has 0 spiro atoms. The lowest BCUT2D eigenvalue weighted by Crippen LogP contribution is -2.22. The Morgan fingerprint density at radius 3 is 2.06 bits per heavy atom. The Hall–Kier alpha value is -0.0400. The minimum atomic E-state index is -0.0922. The molecule has 0 aromatic rings. The van der Waals surface area contributed by atoms with Crippen LogP contribution in [0.3, 0.4) is 0 Å². The van der Waals surface area contributed by atoms with Gasteiger partial charge in [-0.3, -0.25) is 0 Å². The molecular formula is C16H34O. The Balaban J connectivity index is 3.66. The maximum atomic E-state index is 10.1. The average molecular weight is 242 g/mol.